The zero-order valence-electron chi connectivity index (χ0n) is 19.2. The van der Waals surface area contributed by atoms with Crippen molar-refractivity contribution in [2.24, 2.45) is 5.92 Å². The van der Waals surface area contributed by atoms with Gasteiger partial charge >= 0.3 is 0 Å². The lowest BCUT2D eigenvalue weighted by Crippen LogP contribution is -2.31. The van der Waals surface area contributed by atoms with E-state index in [0.29, 0.717) is 23.9 Å². The summed E-state index contributed by atoms with van der Waals surface area (Å²) in [6.45, 7) is 7.34. The SMILES string of the molecule is CC(C)CCN1c2cc(Cl)ccc2SC1C=C1Sc2ccc(Cl)cc2N1CCC(C)S(=O)(=O)O. The van der Waals surface area contributed by atoms with Crippen molar-refractivity contribution >= 4 is 68.2 Å². The standard InChI is InChI=1S/C24H28Cl2N2O3S3/c1-15(2)8-10-27-19-12-17(25)4-6-21(19)32-23(27)14-24-28(11-9-16(3)34(29,30)31)20-13-18(26)5-7-22(20)33-24/h4-7,12-16,23H,8-11H2,1-3H3,(H,29,30,31). The highest BCUT2D eigenvalue weighted by Crippen LogP contribution is 2.50. The first-order chi connectivity index (χ1) is 16.0. The number of nitrogens with zero attached hydrogens (tertiary/aromatic N) is 2. The number of benzene rings is 2. The summed E-state index contributed by atoms with van der Waals surface area (Å²) in [6, 6.07) is 11.8. The van der Waals surface area contributed by atoms with Crippen LogP contribution in [0.2, 0.25) is 10.0 Å². The molecule has 2 unspecified atom stereocenters. The maximum absolute atomic E-state index is 11.6. The third-order valence-electron chi connectivity index (χ3n) is 5.98. The number of anilines is 2. The molecule has 0 aromatic heterocycles. The highest BCUT2D eigenvalue weighted by Gasteiger charge is 2.33. The predicted molar refractivity (Wildman–Crippen MR) is 146 cm³/mol. The molecule has 34 heavy (non-hydrogen) atoms. The molecule has 1 N–H and O–H groups in total. The first-order valence-corrected chi connectivity index (χ1v) is 15.1. The summed E-state index contributed by atoms with van der Waals surface area (Å²) < 4.78 is 32.6. The molecule has 2 heterocycles. The lowest BCUT2D eigenvalue weighted by Gasteiger charge is -2.28. The first-order valence-electron chi connectivity index (χ1n) is 11.2. The summed E-state index contributed by atoms with van der Waals surface area (Å²) >= 11 is 16.1. The van der Waals surface area contributed by atoms with Crippen LogP contribution in [0.1, 0.15) is 33.6 Å². The van der Waals surface area contributed by atoms with E-state index in [1.807, 2.05) is 30.3 Å². The van der Waals surface area contributed by atoms with E-state index in [4.69, 9.17) is 23.2 Å². The van der Waals surface area contributed by atoms with E-state index >= 15 is 0 Å². The summed E-state index contributed by atoms with van der Waals surface area (Å²) in [5.74, 6) is 0.576. The van der Waals surface area contributed by atoms with Crippen molar-refractivity contribution in [3.05, 3.63) is 57.5 Å². The topological polar surface area (TPSA) is 60.9 Å². The Hall–Kier alpha value is -1.03. The summed E-state index contributed by atoms with van der Waals surface area (Å²) in [5, 5.41) is 1.62. The van der Waals surface area contributed by atoms with Crippen LogP contribution in [0, 0.1) is 5.92 Å². The Labute approximate surface area is 220 Å². The maximum atomic E-state index is 11.6. The van der Waals surface area contributed by atoms with Gasteiger partial charge in [0.15, 0.2) is 0 Å². The zero-order chi connectivity index (χ0) is 24.6. The third kappa shape index (κ3) is 5.85. The van der Waals surface area contributed by atoms with Gasteiger partial charge in [-0.05, 0) is 68.2 Å². The molecule has 0 bridgehead atoms. The average Bonchev–Trinajstić information content (AvgIpc) is 3.26. The fraction of sp³-hybridized carbons (Fsp3) is 0.417. The van der Waals surface area contributed by atoms with Crippen molar-refractivity contribution in [1.29, 1.82) is 0 Å². The van der Waals surface area contributed by atoms with E-state index in [9.17, 15) is 13.0 Å². The summed E-state index contributed by atoms with van der Waals surface area (Å²) in [5.41, 5.74) is 2.11. The van der Waals surface area contributed by atoms with E-state index in [1.165, 1.54) is 11.8 Å². The van der Waals surface area contributed by atoms with E-state index in [-0.39, 0.29) is 5.37 Å². The molecule has 0 radical (unpaired) electrons. The molecule has 4 rings (SSSR count). The Bertz CT molecular complexity index is 1200. The molecule has 0 fully saturated rings. The normalized spacial score (nSPS) is 19.7. The number of rotatable bonds is 8. The Morgan fingerprint density at radius 2 is 1.65 bits per heavy atom. The van der Waals surface area contributed by atoms with E-state index in [0.717, 1.165) is 39.3 Å². The maximum Gasteiger partial charge on any atom is 0.267 e. The second kappa shape index (κ2) is 10.5. The monoisotopic (exact) mass is 558 g/mol. The molecule has 2 aliphatic rings. The van der Waals surface area contributed by atoms with Crippen LogP contribution in [0.5, 0.6) is 0 Å². The first kappa shape index (κ1) is 26.0. The molecule has 0 aliphatic carbocycles. The van der Waals surface area contributed by atoms with Gasteiger partial charge in [-0.25, -0.2) is 0 Å². The minimum absolute atomic E-state index is 0.0843. The van der Waals surface area contributed by atoms with Crippen LogP contribution in [-0.4, -0.2) is 36.7 Å². The van der Waals surface area contributed by atoms with Crippen LogP contribution >= 0.6 is 46.7 Å². The fourth-order valence-electron chi connectivity index (χ4n) is 3.93. The molecule has 0 amide bonds. The van der Waals surface area contributed by atoms with Gasteiger partial charge in [-0.15, -0.1) is 0 Å². The summed E-state index contributed by atoms with van der Waals surface area (Å²) in [6.07, 6.45) is 3.60. The quantitative estimate of drug-likeness (QED) is 0.338. The molecule has 0 spiro atoms. The van der Waals surface area contributed by atoms with E-state index in [1.54, 1.807) is 23.5 Å². The van der Waals surface area contributed by atoms with Gasteiger partial charge in [0.25, 0.3) is 10.1 Å². The van der Waals surface area contributed by atoms with Gasteiger partial charge in [-0.2, -0.15) is 8.42 Å². The Balaban J connectivity index is 1.66. The molecule has 2 aromatic carbocycles. The molecular formula is C24H28Cl2N2O3S3. The van der Waals surface area contributed by atoms with Gasteiger partial charge in [0, 0.05) is 32.9 Å². The summed E-state index contributed by atoms with van der Waals surface area (Å²) in [4.78, 5) is 6.79. The Kier molecular flexibility index (Phi) is 8.06. The number of thioether (sulfide) groups is 2. The molecule has 2 aliphatic heterocycles. The fourth-order valence-corrected chi connectivity index (χ4v) is 7.13. The van der Waals surface area contributed by atoms with Crippen molar-refractivity contribution in [1.82, 2.24) is 0 Å². The molecule has 2 aromatic rings. The second-order valence-corrected chi connectivity index (χ2v) is 13.9. The lowest BCUT2D eigenvalue weighted by atomic mass is 10.1. The molecular weight excluding hydrogens is 531 g/mol. The average molecular weight is 560 g/mol. The van der Waals surface area contributed by atoms with Gasteiger partial charge in [-0.1, -0.05) is 60.6 Å². The van der Waals surface area contributed by atoms with E-state index < -0.39 is 15.4 Å². The molecule has 10 heteroatoms. The summed E-state index contributed by atoms with van der Waals surface area (Å²) in [7, 11) is -4.09. The number of fused-ring (bicyclic) bond motifs is 2. The van der Waals surface area contributed by atoms with Crippen LogP contribution in [0.25, 0.3) is 0 Å². The second-order valence-electron chi connectivity index (χ2n) is 8.98. The van der Waals surface area contributed by atoms with Gasteiger partial charge in [0.05, 0.1) is 21.7 Å². The smallest absolute Gasteiger partial charge is 0.267 e. The van der Waals surface area contributed by atoms with Crippen LogP contribution in [0.4, 0.5) is 11.4 Å². The molecule has 2 atom stereocenters. The van der Waals surface area contributed by atoms with E-state index in [2.05, 4.69) is 35.8 Å². The van der Waals surface area contributed by atoms with Crippen molar-refractivity contribution in [2.75, 3.05) is 22.9 Å². The van der Waals surface area contributed by atoms with Gasteiger partial charge in [0.1, 0.15) is 5.37 Å². The highest BCUT2D eigenvalue weighted by atomic mass is 35.5. The largest absolute Gasteiger partial charge is 0.355 e. The molecule has 5 nitrogen and oxygen atoms in total. The van der Waals surface area contributed by atoms with Crippen LogP contribution in [0.15, 0.2) is 57.3 Å². The molecule has 0 saturated carbocycles. The van der Waals surface area contributed by atoms with Crippen molar-refractivity contribution in [3.8, 4) is 0 Å². The van der Waals surface area contributed by atoms with Crippen LogP contribution in [-0.2, 0) is 10.1 Å². The Morgan fingerprint density at radius 1 is 1.00 bits per heavy atom. The molecule has 0 saturated heterocycles. The predicted octanol–water partition coefficient (Wildman–Crippen LogP) is 7.40. The minimum atomic E-state index is -4.09. The van der Waals surface area contributed by atoms with Crippen LogP contribution < -0.4 is 9.80 Å². The van der Waals surface area contributed by atoms with Crippen molar-refractivity contribution in [2.45, 2.75) is 54.0 Å². The van der Waals surface area contributed by atoms with Crippen LogP contribution in [0.3, 0.4) is 0 Å². The number of halogens is 2. The number of hydrogen-bond acceptors (Lipinski definition) is 6. The van der Waals surface area contributed by atoms with Gasteiger partial charge in [-0.3, -0.25) is 4.55 Å². The van der Waals surface area contributed by atoms with Gasteiger partial charge < -0.3 is 9.80 Å². The minimum Gasteiger partial charge on any atom is -0.355 e. The number of hydrogen-bond donors (Lipinski definition) is 1. The third-order valence-corrected chi connectivity index (χ3v) is 10.1. The van der Waals surface area contributed by atoms with Crippen molar-refractivity contribution in [3.63, 3.8) is 0 Å². The lowest BCUT2D eigenvalue weighted by molar-refractivity contribution is 0.466. The van der Waals surface area contributed by atoms with Gasteiger partial charge in [0.2, 0.25) is 0 Å². The highest BCUT2D eigenvalue weighted by molar-refractivity contribution is 8.04. The van der Waals surface area contributed by atoms with Crippen molar-refractivity contribution < 1.29 is 13.0 Å². The Morgan fingerprint density at radius 3 is 2.29 bits per heavy atom. The zero-order valence-corrected chi connectivity index (χ0v) is 23.2. The molecule has 184 valence electrons.